The van der Waals surface area contributed by atoms with Crippen molar-refractivity contribution in [1.29, 1.82) is 10.5 Å². The maximum Gasteiger partial charge on any atom is 0.207 e. The Morgan fingerprint density at radius 3 is 2.60 bits per heavy atom. The predicted octanol–water partition coefficient (Wildman–Crippen LogP) is 0.374. The fraction of sp³-hybridized carbons (Fsp3) is 0.500. The van der Waals surface area contributed by atoms with E-state index in [1.165, 1.54) is 6.19 Å². The molecule has 0 radical (unpaired) electrons. The van der Waals surface area contributed by atoms with Crippen LogP contribution in [0.2, 0.25) is 0 Å². The van der Waals surface area contributed by atoms with Gasteiger partial charge in [0.2, 0.25) is 6.19 Å². The van der Waals surface area contributed by atoms with Crippen molar-refractivity contribution in [3.8, 4) is 12.3 Å². The van der Waals surface area contributed by atoms with Gasteiger partial charge in [-0.1, -0.05) is 6.92 Å². The first-order chi connectivity index (χ1) is 4.76. The predicted molar refractivity (Wildman–Crippen MR) is 36.6 cm³/mol. The van der Waals surface area contributed by atoms with E-state index in [0.717, 1.165) is 0 Å². The van der Waals surface area contributed by atoms with Crippen molar-refractivity contribution in [1.82, 2.24) is 0 Å². The molecule has 2 N–H and O–H groups in total. The Morgan fingerprint density at radius 1 is 1.70 bits per heavy atom. The third-order valence-electron chi connectivity index (χ3n) is 1.10. The van der Waals surface area contributed by atoms with Crippen molar-refractivity contribution in [3.63, 3.8) is 0 Å². The molecule has 0 aromatic heterocycles. The van der Waals surface area contributed by atoms with Crippen molar-refractivity contribution in [2.45, 2.75) is 13.3 Å². The largest absolute Gasteiger partial charge is 0.385 e. The summed E-state index contributed by atoms with van der Waals surface area (Å²) in [6, 6.07) is 1.93. The molecule has 10 heavy (non-hydrogen) atoms. The van der Waals surface area contributed by atoms with Crippen LogP contribution in [0.25, 0.3) is 0 Å². The van der Waals surface area contributed by atoms with Crippen molar-refractivity contribution in [3.05, 3.63) is 0 Å². The molecule has 0 aliphatic carbocycles. The summed E-state index contributed by atoms with van der Waals surface area (Å²) in [6.45, 7) is 1.81. The Balaban J connectivity index is 4.22. The van der Waals surface area contributed by atoms with Gasteiger partial charge < -0.3 is 5.73 Å². The Labute approximate surface area is 59.6 Å². The molecule has 4 heteroatoms. The molecule has 0 aromatic carbocycles. The van der Waals surface area contributed by atoms with Crippen molar-refractivity contribution in [2.75, 3.05) is 0 Å². The van der Waals surface area contributed by atoms with E-state index >= 15 is 0 Å². The van der Waals surface area contributed by atoms with Gasteiger partial charge in [0.1, 0.15) is 11.8 Å². The number of hydrogen-bond acceptors (Lipinski definition) is 3. The maximum atomic E-state index is 8.40. The van der Waals surface area contributed by atoms with Gasteiger partial charge in [0, 0.05) is 0 Å². The van der Waals surface area contributed by atoms with Gasteiger partial charge in [-0.05, 0) is 6.42 Å². The van der Waals surface area contributed by atoms with E-state index in [0.29, 0.717) is 6.42 Å². The number of rotatable bonds is 2. The molecule has 0 heterocycles. The molecule has 0 saturated carbocycles. The summed E-state index contributed by atoms with van der Waals surface area (Å²) in [7, 11) is 0. The van der Waals surface area contributed by atoms with Crippen LogP contribution in [0.4, 0.5) is 0 Å². The summed E-state index contributed by atoms with van der Waals surface area (Å²) in [5, 5.41) is 16.5. The molecule has 1 unspecified atom stereocenters. The van der Waals surface area contributed by atoms with Gasteiger partial charge in [-0.3, -0.25) is 0 Å². The van der Waals surface area contributed by atoms with Gasteiger partial charge in [-0.25, -0.2) is 0 Å². The maximum absolute atomic E-state index is 8.40. The quantitative estimate of drug-likeness (QED) is 0.338. The van der Waals surface area contributed by atoms with E-state index in [-0.39, 0.29) is 5.84 Å². The summed E-state index contributed by atoms with van der Waals surface area (Å²) in [6.07, 6.45) is 2.12. The Morgan fingerprint density at radius 2 is 2.30 bits per heavy atom. The standard InChI is InChI=1S/C6H8N4/c1-2-5(3-7)6(9)10-4-8/h5H,2H2,1H3,(H2,9,10). The van der Waals surface area contributed by atoms with E-state index in [4.69, 9.17) is 16.3 Å². The molecule has 52 valence electrons. The zero-order valence-corrected chi connectivity index (χ0v) is 5.70. The Kier molecular flexibility index (Phi) is 3.67. The summed E-state index contributed by atoms with van der Waals surface area (Å²) >= 11 is 0. The van der Waals surface area contributed by atoms with E-state index in [2.05, 4.69) is 4.99 Å². The highest BCUT2D eigenvalue weighted by molar-refractivity contribution is 5.85. The SMILES string of the molecule is CCC(C#N)C(N)=NC#N. The number of nitrogens with two attached hydrogens (primary N) is 1. The number of aliphatic imine (C=N–C) groups is 1. The molecule has 0 fully saturated rings. The number of nitrogens with zero attached hydrogens (tertiary/aromatic N) is 3. The van der Waals surface area contributed by atoms with Crippen LogP contribution < -0.4 is 5.73 Å². The highest BCUT2D eigenvalue weighted by atomic mass is 14.9. The lowest BCUT2D eigenvalue weighted by molar-refractivity contribution is 0.821. The molecular formula is C6H8N4. The molecule has 0 aliphatic rings. The average molecular weight is 136 g/mol. The lowest BCUT2D eigenvalue weighted by atomic mass is 10.1. The molecular weight excluding hydrogens is 128 g/mol. The fourth-order valence-electron chi connectivity index (χ4n) is 0.502. The summed E-state index contributed by atoms with van der Waals surface area (Å²) in [5.74, 6) is -0.313. The van der Waals surface area contributed by atoms with E-state index < -0.39 is 5.92 Å². The average Bonchev–Trinajstić information content (AvgIpc) is 1.91. The van der Waals surface area contributed by atoms with Crippen molar-refractivity contribution < 1.29 is 0 Å². The van der Waals surface area contributed by atoms with Gasteiger partial charge in [0.25, 0.3) is 0 Å². The lowest BCUT2D eigenvalue weighted by Gasteiger charge is -2.00. The van der Waals surface area contributed by atoms with Crippen LogP contribution in [-0.2, 0) is 0 Å². The van der Waals surface area contributed by atoms with Gasteiger partial charge in [0.15, 0.2) is 0 Å². The zero-order chi connectivity index (χ0) is 7.98. The summed E-state index contributed by atoms with van der Waals surface area (Å²) < 4.78 is 0. The van der Waals surface area contributed by atoms with Gasteiger partial charge in [-0.2, -0.15) is 15.5 Å². The molecule has 0 amide bonds. The molecule has 0 rings (SSSR count). The van der Waals surface area contributed by atoms with Crippen LogP contribution >= 0.6 is 0 Å². The van der Waals surface area contributed by atoms with E-state index in [1.54, 1.807) is 0 Å². The topological polar surface area (TPSA) is 86.0 Å². The van der Waals surface area contributed by atoms with Crippen LogP contribution in [0, 0.1) is 28.7 Å². The normalized spacial score (nSPS) is 13.3. The van der Waals surface area contributed by atoms with Crippen LogP contribution in [0.1, 0.15) is 13.3 Å². The first-order valence-corrected chi connectivity index (χ1v) is 2.88. The minimum Gasteiger partial charge on any atom is -0.385 e. The first-order valence-electron chi connectivity index (χ1n) is 2.88. The van der Waals surface area contributed by atoms with Crippen LogP contribution in [0.15, 0.2) is 4.99 Å². The highest BCUT2D eigenvalue weighted by Crippen LogP contribution is 1.99. The number of hydrogen-bond donors (Lipinski definition) is 1. The number of amidine groups is 1. The van der Waals surface area contributed by atoms with Crippen molar-refractivity contribution in [2.24, 2.45) is 16.6 Å². The third-order valence-corrected chi connectivity index (χ3v) is 1.10. The monoisotopic (exact) mass is 136 g/mol. The van der Waals surface area contributed by atoms with E-state index in [9.17, 15) is 0 Å². The second kappa shape index (κ2) is 4.34. The molecule has 4 nitrogen and oxygen atoms in total. The van der Waals surface area contributed by atoms with Gasteiger partial charge >= 0.3 is 0 Å². The zero-order valence-electron chi connectivity index (χ0n) is 5.70. The smallest absolute Gasteiger partial charge is 0.207 e. The van der Waals surface area contributed by atoms with E-state index in [1.807, 2.05) is 13.0 Å². The number of nitriles is 2. The molecule has 0 saturated heterocycles. The molecule has 0 aliphatic heterocycles. The van der Waals surface area contributed by atoms with Crippen LogP contribution in [0.3, 0.4) is 0 Å². The van der Waals surface area contributed by atoms with Gasteiger partial charge in [0.05, 0.1) is 6.07 Å². The molecule has 0 aromatic rings. The Bertz CT molecular complexity index is 205. The lowest BCUT2D eigenvalue weighted by Crippen LogP contribution is -2.21. The minimum atomic E-state index is -0.417. The highest BCUT2D eigenvalue weighted by Gasteiger charge is 2.07. The molecule has 1 atom stereocenters. The third kappa shape index (κ3) is 2.15. The Hall–Kier alpha value is -1.55. The minimum absolute atomic E-state index is 0.104. The van der Waals surface area contributed by atoms with Gasteiger partial charge in [-0.15, -0.1) is 0 Å². The second-order valence-electron chi connectivity index (χ2n) is 1.73. The fourth-order valence-corrected chi connectivity index (χ4v) is 0.502. The molecule has 0 bridgehead atoms. The van der Waals surface area contributed by atoms with Crippen molar-refractivity contribution >= 4 is 5.84 Å². The second-order valence-corrected chi connectivity index (χ2v) is 1.73. The first kappa shape index (κ1) is 8.45. The summed E-state index contributed by atoms with van der Waals surface area (Å²) in [5.41, 5.74) is 5.25. The summed E-state index contributed by atoms with van der Waals surface area (Å²) in [4.78, 5) is 3.24. The van der Waals surface area contributed by atoms with Crippen LogP contribution in [-0.4, -0.2) is 5.84 Å². The van der Waals surface area contributed by atoms with Crippen LogP contribution in [0.5, 0.6) is 0 Å². The molecule has 0 spiro atoms.